The van der Waals surface area contributed by atoms with Gasteiger partial charge in [-0.15, -0.1) is 0 Å². The van der Waals surface area contributed by atoms with Crippen molar-refractivity contribution in [2.45, 2.75) is 6.54 Å². The number of amides is 1. The van der Waals surface area contributed by atoms with Gasteiger partial charge in [0, 0.05) is 37.7 Å². The number of ether oxygens (including phenoxy) is 1. The number of carbonyl (C=O) groups excluding carboxylic acids is 1. The third kappa shape index (κ3) is 3.62. The Morgan fingerprint density at radius 2 is 2.00 bits per heavy atom. The Kier molecular flexibility index (Phi) is 5.11. The predicted molar refractivity (Wildman–Crippen MR) is 90.5 cm³/mol. The molecular weight excluding hydrogens is 361 g/mol. The molecule has 3 rings (SSSR count). The maximum Gasteiger partial charge on any atom is 0.254 e. The van der Waals surface area contributed by atoms with Crippen LogP contribution in [0.25, 0.3) is 11.3 Å². The Hall–Kier alpha value is -3.36. The summed E-state index contributed by atoms with van der Waals surface area (Å²) in [6.45, 7) is 0.0122. The smallest absolute Gasteiger partial charge is 0.254 e. The highest BCUT2D eigenvalue weighted by molar-refractivity contribution is 5.95. The predicted octanol–water partition coefficient (Wildman–Crippen LogP) is 2.84. The monoisotopic (exact) mass is 376 g/mol. The van der Waals surface area contributed by atoms with E-state index in [1.165, 1.54) is 6.20 Å². The number of nitrogens with one attached hydrogen (secondary N) is 1. The van der Waals surface area contributed by atoms with Gasteiger partial charge < -0.3 is 10.1 Å². The average molecular weight is 376 g/mol. The first-order valence-electron chi connectivity index (χ1n) is 7.84. The average Bonchev–Trinajstić information content (AvgIpc) is 3.09. The zero-order valence-corrected chi connectivity index (χ0v) is 14.5. The van der Waals surface area contributed by atoms with Crippen molar-refractivity contribution >= 4 is 5.91 Å². The van der Waals surface area contributed by atoms with Gasteiger partial charge in [-0.1, -0.05) is 0 Å². The maximum atomic E-state index is 14.2. The fourth-order valence-corrected chi connectivity index (χ4v) is 2.58. The van der Waals surface area contributed by atoms with Crippen LogP contribution in [0.4, 0.5) is 13.2 Å². The first kappa shape index (κ1) is 18.4. The Morgan fingerprint density at radius 3 is 2.67 bits per heavy atom. The summed E-state index contributed by atoms with van der Waals surface area (Å²) in [5.74, 6) is -5.98. The number of halogens is 3. The lowest BCUT2D eigenvalue weighted by Crippen LogP contribution is -2.24. The fraction of sp³-hybridized carbons (Fsp3) is 0.167. The van der Waals surface area contributed by atoms with E-state index in [1.54, 1.807) is 30.2 Å². The van der Waals surface area contributed by atoms with Crippen molar-refractivity contribution in [2.75, 3.05) is 7.11 Å². The zero-order chi connectivity index (χ0) is 19.6. The van der Waals surface area contributed by atoms with Crippen LogP contribution in [0.3, 0.4) is 0 Å². The molecule has 0 aliphatic carbocycles. The molecule has 0 saturated heterocycles. The van der Waals surface area contributed by atoms with Gasteiger partial charge in [-0.05, 0) is 23.8 Å². The largest absolute Gasteiger partial charge is 0.491 e. The Balaban J connectivity index is 1.79. The summed E-state index contributed by atoms with van der Waals surface area (Å²) in [5, 5.41) is 6.53. The number of rotatable bonds is 5. The summed E-state index contributed by atoms with van der Waals surface area (Å²) < 4.78 is 47.4. The van der Waals surface area contributed by atoms with Crippen LogP contribution in [0.1, 0.15) is 15.9 Å². The molecule has 0 saturated carbocycles. The first-order valence-corrected chi connectivity index (χ1v) is 7.84. The molecule has 1 aromatic carbocycles. The highest BCUT2D eigenvalue weighted by Crippen LogP contribution is 2.27. The topological polar surface area (TPSA) is 69.0 Å². The standard InChI is InChI=1S/C18H15F3N4O2/c1-25-14(3-4-24-25)11-5-10(7-22-9-11)8-23-18(26)12-6-13(19)16(21)17(27-2)15(12)20/h3-7,9H,8H2,1-2H3,(H,23,26). The lowest BCUT2D eigenvalue weighted by atomic mass is 10.1. The van der Waals surface area contributed by atoms with Gasteiger partial charge in [-0.2, -0.15) is 9.49 Å². The second-order valence-corrected chi connectivity index (χ2v) is 5.67. The molecule has 0 fully saturated rings. The van der Waals surface area contributed by atoms with Gasteiger partial charge in [0.05, 0.1) is 18.4 Å². The number of methoxy groups -OCH3 is 1. The van der Waals surface area contributed by atoms with Crippen LogP contribution in [-0.4, -0.2) is 27.8 Å². The summed E-state index contributed by atoms with van der Waals surface area (Å²) in [7, 11) is 2.77. The third-order valence-electron chi connectivity index (χ3n) is 3.93. The van der Waals surface area contributed by atoms with E-state index in [4.69, 9.17) is 0 Å². The molecule has 0 atom stereocenters. The number of aromatic nitrogens is 3. The Morgan fingerprint density at radius 1 is 1.22 bits per heavy atom. The van der Waals surface area contributed by atoms with Crippen molar-refractivity contribution in [1.29, 1.82) is 0 Å². The van der Waals surface area contributed by atoms with Crippen molar-refractivity contribution in [3.05, 3.63) is 65.4 Å². The molecule has 1 N–H and O–H groups in total. The van der Waals surface area contributed by atoms with Crippen LogP contribution < -0.4 is 10.1 Å². The van der Waals surface area contributed by atoms with Crippen LogP contribution in [0.15, 0.2) is 36.8 Å². The molecule has 2 heterocycles. The van der Waals surface area contributed by atoms with E-state index < -0.39 is 34.7 Å². The van der Waals surface area contributed by atoms with Crippen molar-refractivity contribution in [3.63, 3.8) is 0 Å². The lowest BCUT2D eigenvalue weighted by Gasteiger charge is -2.11. The normalized spacial score (nSPS) is 10.7. The highest BCUT2D eigenvalue weighted by atomic mass is 19.2. The van der Waals surface area contributed by atoms with Crippen LogP contribution in [0.5, 0.6) is 5.75 Å². The second-order valence-electron chi connectivity index (χ2n) is 5.67. The molecule has 27 heavy (non-hydrogen) atoms. The first-order chi connectivity index (χ1) is 12.9. The molecule has 6 nitrogen and oxygen atoms in total. The summed E-state index contributed by atoms with van der Waals surface area (Å²) in [4.78, 5) is 16.3. The summed E-state index contributed by atoms with van der Waals surface area (Å²) >= 11 is 0. The van der Waals surface area contributed by atoms with Gasteiger partial charge in [0.25, 0.3) is 5.91 Å². The number of aryl methyl sites for hydroxylation is 1. The Labute approximate surface area is 152 Å². The van der Waals surface area contributed by atoms with Crippen molar-refractivity contribution < 1.29 is 22.7 Å². The lowest BCUT2D eigenvalue weighted by molar-refractivity contribution is 0.0945. The molecule has 140 valence electrons. The van der Waals surface area contributed by atoms with Crippen molar-refractivity contribution in [3.8, 4) is 17.0 Å². The summed E-state index contributed by atoms with van der Waals surface area (Å²) in [5.41, 5.74) is 1.59. The summed E-state index contributed by atoms with van der Waals surface area (Å²) in [6, 6.07) is 4.08. The molecule has 0 radical (unpaired) electrons. The van der Waals surface area contributed by atoms with E-state index >= 15 is 0 Å². The third-order valence-corrected chi connectivity index (χ3v) is 3.93. The van der Waals surface area contributed by atoms with Crippen LogP contribution in [-0.2, 0) is 13.6 Å². The molecule has 0 bridgehead atoms. The fourth-order valence-electron chi connectivity index (χ4n) is 2.58. The van der Waals surface area contributed by atoms with Gasteiger partial charge >= 0.3 is 0 Å². The van der Waals surface area contributed by atoms with E-state index in [0.29, 0.717) is 11.6 Å². The van der Waals surface area contributed by atoms with Crippen LogP contribution in [0, 0.1) is 17.5 Å². The molecular formula is C18H15F3N4O2. The van der Waals surface area contributed by atoms with E-state index in [2.05, 4.69) is 20.1 Å². The van der Waals surface area contributed by atoms with Gasteiger partial charge in [0.2, 0.25) is 5.82 Å². The molecule has 3 aromatic rings. The Bertz CT molecular complexity index is 1000. The minimum atomic E-state index is -1.49. The molecule has 0 unspecified atom stereocenters. The van der Waals surface area contributed by atoms with Gasteiger partial charge in [0.15, 0.2) is 17.4 Å². The molecule has 2 aromatic heterocycles. The quantitative estimate of drug-likeness (QED) is 0.696. The number of hydrogen-bond donors (Lipinski definition) is 1. The maximum absolute atomic E-state index is 14.2. The number of carbonyl (C=O) groups is 1. The molecule has 9 heteroatoms. The minimum Gasteiger partial charge on any atom is -0.491 e. The molecule has 0 aliphatic rings. The van der Waals surface area contributed by atoms with Gasteiger partial charge in [-0.25, -0.2) is 8.78 Å². The van der Waals surface area contributed by atoms with Crippen molar-refractivity contribution in [1.82, 2.24) is 20.1 Å². The zero-order valence-electron chi connectivity index (χ0n) is 14.5. The van der Waals surface area contributed by atoms with E-state index in [9.17, 15) is 18.0 Å². The number of hydrogen-bond acceptors (Lipinski definition) is 4. The molecule has 1 amide bonds. The SMILES string of the molecule is COc1c(F)c(F)cc(C(=O)NCc2cncc(-c3ccnn3C)c2)c1F. The van der Waals surface area contributed by atoms with E-state index in [1.807, 2.05) is 6.07 Å². The second kappa shape index (κ2) is 7.48. The van der Waals surface area contributed by atoms with Crippen LogP contribution in [0.2, 0.25) is 0 Å². The summed E-state index contributed by atoms with van der Waals surface area (Å²) in [6.07, 6.45) is 4.81. The minimum absolute atomic E-state index is 0.0122. The number of pyridine rings is 1. The van der Waals surface area contributed by atoms with Gasteiger partial charge in [0.1, 0.15) is 0 Å². The molecule has 0 spiro atoms. The van der Waals surface area contributed by atoms with Crippen molar-refractivity contribution in [2.24, 2.45) is 7.05 Å². The highest BCUT2D eigenvalue weighted by Gasteiger charge is 2.23. The number of nitrogens with zero attached hydrogens (tertiary/aromatic N) is 3. The van der Waals surface area contributed by atoms with E-state index in [-0.39, 0.29) is 6.54 Å². The number of benzene rings is 1. The van der Waals surface area contributed by atoms with Gasteiger partial charge in [-0.3, -0.25) is 14.5 Å². The van der Waals surface area contributed by atoms with E-state index in [0.717, 1.165) is 18.4 Å². The molecule has 0 aliphatic heterocycles. The van der Waals surface area contributed by atoms with Crippen LogP contribution >= 0.6 is 0 Å².